The van der Waals surface area contributed by atoms with Gasteiger partial charge in [0.25, 0.3) is 11.8 Å². The van der Waals surface area contributed by atoms with Gasteiger partial charge in [0.15, 0.2) is 0 Å². The number of rotatable bonds is 4. The number of hydrogen-bond acceptors (Lipinski definition) is 3. The van der Waals surface area contributed by atoms with E-state index < -0.39 is 11.8 Å². The third-order valence-electron chi connectivity index (χ3n) is 3.36. The molecule has 0 aliphatic carbocycles. The van der Waals surface area contributed by atoms with Crippen LogP contribution in [0.5, 0.6) is 0 Å². The van der Waals surface area contributed by atoms with Crippen LogP contribution in [0.15, 0.2) is 18.2 Å². The van der Waals surface area contributed by atoms with E-state index in [-0.39, 0.29) is 11.8 Å². The van der Waals surface area contributed by atoms with Gasteiger partial charge in [-0.05, 0) is 31.0 Å². The average Bonchev–Trinajstić information content (AvgIpc) is 2.66. The van der Waals surface area contributed by atoms with Crippen molar-refractivity contribution >= 4 is 23.4 Å². The Labute approximate surface area is 111 Å². The van der Waals surface area contributed by atoms with Crippen molar-refractivity contribution in [2.45, 2.75) is 26.7 Å². The summed E-state index contributed by atoms with van der Waals surface area (Å²) in [6, 6.07) is 4.73. The number of amides is 3. The molecule has 5 nitrogen and oxygen atoms in total. The molecule has 0 spiro atoms. The Bertz CT molecular complexity index is 548. The number of carbonyl (C=O) groups is 3. The topological polar surface area (TPSA) is 75.3 Å². The van der Waals surface area contributed by atoms with E-state index in [9.17, 15) is 14.4 Å². The molecule has 0 saturated heterocycles. The highest BCUT2D eigenvalue weighted by Crippen LogP contribution is 2.21. The normalized spacial score (nSPS) is 13.4. The zero-order chi connectivity index (χ0) is 14.0. The van der Waals surface area contributed by atoms with Crippen LogP contribution >= 0.6 is 0 Å². The van der Waals surface area contributed by atoms with E-state index in [1.165, 1.54) is 6.07 Å². The third-order valence-corrected chi connectivity index (χ3v) is 3.36. The molecular weight excluding hydrogens is 244 g/mol. The highest BCUT2D eigenvalue weighted by molar-refractivity contribution is 6.22. The van der Waals surface area contributed by atoms with Crippen LogP contribution in [0.2, 0.25) is 0 Å². The van der Waals surface area contributed by atoms with Crippen molar-refractivity contribution in [3.05, 3.63) is 29.3 Å². The summed E-state index contributed by atoms with van der Waals surface area (Å²) in [7, 11) is 0. The Balaban J connectivity index is 2.20. The molecule has 19 heavy (non-hydrogen) atoms. The Morgan fingerprint density at radius 3 is 2.42 bits per heavy atom. The van der Waals surface area contributed by atoms with E-state index in [0.717, 1.165) is 12.8 Å². The summed E-state index contributed by atoms with van der Waals surface area (Å²) in [6.45, 7) is 3.92. The maximum Gasteiger partial charge on any atom is 0.259 e. The zero-order valence-electron chi connectivity index (χ0n) is 10.9. The van der Waals surface area contributed by atoms with Crippen LogP contribution < -0.4 is 10.6 Å². The number of anilines is 1. The molecule has 3 amide bonds. The minimum Gasteiger partial charge on any atom is -0.326 e. The lowest BCUT2D eigenvalue weighted by Gasteiger charge is -2.13. The van der Waals surface area contributed by atoms with Gasteiger partial charge in [0.2, 0.25) is 5.91 Å². The first kappa shape index (κ1) is 13.3. The molecule has 0 radical (unpaired) electrons. The van der Waals surface area contributed by atoms with E-state index in [4.69, 9.17) is 0 Å². The lowest BCUT2D eigenvalue weighted by Crippen LogP contribution is -2.21. The van der Waals surface area contributed by atoms with Gasteiger partial charge >= 0.3 is 0 Å². The van der Waals surface area contributed by atoms with Crippen LogP contribution in [0.3, 0.4) is 0 Å². The number of nitrogens with one attached hydrogen (secondary N) is 2. The minimum absolute atomic E-state index is 0.0382. The second kappa shape index (κ2) is 5.22. The first-order chi connectivity index (χ1) is 9.06. The lowest BCUT2D eigenvalue weighted by atomic mass is 10.0. The molecule has 1 aliphatic heterocycles. The molecule has 1 aromatic carbocycles. The van der Waals surface area contributed by atoms with Crippen LogP contribution in [0.4, 0.5) is 5.69 Å². The Morgan fingerprint density at radius 2 is 1.79 bits per heavy atom. The van der Waals surface area contributed by atoms with Gasteiger partial charge in [-0.1, -0.05) is 13.8 Å². The molecule has 100 valence electrons. The Morgan fingerprint density at radius 1 is 1.16 bits per heavy atom. The quantitative estimate of drug-likeness (QED) is 0.812. The van der Waals surface area contributed by atoms with Crippen molar-refractivity contribution < 1.29 is 14.4 Å². The molecule has 0 bridgehead atoms. The molecular formula is C14H16N2O3. The van der Waals surface area contributed by atoms with Gasteiger partial charge in [-0.2, -0.15) is 0 Å². The number of imide groups is 1. The smallest absolute Gasteiger partial charge is 0.259 e. The van der Waals surface area contributed by atoms with E-state index >= 15 is 0 Å². The molecule has 0 aromatic heterocycles. The summed E-state index contributed by atoms with van der Waals surface area (Å²) in [6.07, 6.45) is 1.54. The van der Waals surface area contributed by atoms with Gasteiger partial charge in [-0.25, -0.2) is 0 Å². The molecule has 0 saturated carbocycles. The van der Waals surface area contributed by atoms with Gasteiger partial charge in [0, 0.05) is 11.6 Å². The molecule has 0 atom stereocenters. The van der Waals surface area contributed by atoms with E-state index in [2.05, 4.69) is 10.6 Å². The number of hydrogen-bond donors (Lipinski definition) is 2. The molecule has 0 unspecified atom stereocenters. The highest BCUT2D eigenvalue weighted by Gasteiger charge is 2.27. The fraction of sp³-hybridized carbons (Fsp3) is 0.357. The van der Waals surface area contributed by atoms with E-state index in [0.29, 0.717) is 16.8 Å². The van der Waals surface area contributed by atoms with Crippen molar-refractivity contribution in [3.8, 4) is 0 Å². The maximum absolute atomic E-state index is 11.9. The highest BCUT2D eigenvalue weighted by atomic mass is 16.2. The van der Waals surface area contributed by atoms with Crippen LogP contribution in [0.25, 0.3) is 0 Å². The predicted molar refractivity (Wildman–Crippen MR) is 70.9 cm³/mol. The first-order valence-electron chi connectivity index (χ1n) is 6.37. The zero-order valence-corrected chi connectivity index (χ0v) is 10.9. The predicted octanol–water partition coefficient (Wildman–Crippen LogP) is 1.94. The molecule has 1 aliphatic rings. The number of fused-ring (bicyclic) bond motifs is 1. The van der Waals surface area contributed by atoms with Crippen LogP contribution in [0, 0.1) is 5.92 Å². The van der Waals surface area contributed by atoms with Crippen molar-refractivity contribution in [2.75, 3.05) is 5.32 Å². The minimum atomic E-state index is -0.418. The fourth-order valence-corrected chi connectivity index (χ4v) is 2.15. The monoisotopic (exact) mass is 260 g/mol. The van der Waals surface area contributed by atoms with Gasteiger partial charge in [-0.3, -0.25) is 19.7 Å². The molecule has 2 rings (SSSR count). The van der Waals surface area contributed by atoms with Crippen LogP contribution in [-0.2, 0) is 4.79 Å². The molecule has 2 N–H and O–H groups in total. The summed E-state index contributed by atoms with van der Waals surface area (Å²) in [5.74, 6) is -0.908. The molecule has 0 fully saturated rings. The second-order valence-electron chi connectivity index (χ2n) is 4.55. The lowest BCUT2D eigenvalue weighted by molar-refractivity contribution is -0.120. The number of benzene rings is 1. The van der Waals surface area contributed by atoms with Gasteiger partial charge in [-0.15, -0.1) is 0 Å². The molecule has 1 heterocycles. The molecule has 1 aromatic rings. The summed E-state index contributed by atoms with van der Waals surface area (Å²) in [4.78, 5) is 34.8. The standard InChI is InChI=1S/C14H16N2O3/c1-3-8(4-2)12(17)15-9-5-6-10-11(7-9)14(19)16-13(10)18/h5-8H,3-4H2,1-2H3,(H,15,17)(H,16,18,19). The summed E-state index contributed by atoms with van der Waals surface area (Å²) < 4.78 is 0. The van der Waals surface area contributed by atoms with Crippen LogP contribution in [0.1, 0.15) is 47.4 Å². The van der Waals surface area contributed by atoms with Crippen molar-refractivity contribution in [1.29, 1.82) is 0 Å². The fourth-order valence-electron chi connectivity index (χ4n) is 2.15. The second-order valence-corrected chi connectivity index (χ2v) is 4.55. The molecule has 5 heteroatoms. The van der Waals surface area contributed by atoms with Crippen molar-refractivity contribution in [3.63, 3.8) is 0 Å². The van der Waals surface area contributed by atoms with Gasteiger partial charge < -0.3 is 5.32 Å². The van der Waals surface area contributed by atoms with Gasteiger partial charge in [0.05, 0.1) is 11.1 Å². The van der Waals surface area contributed by atoms with Crippen LogP contribution in [-0.4, -0.2) is 17.7 Å². The summed E-state index contributed by atoms with van der Waals surface area (Å²) >= 11 is 0. The summed E-state index contributed by atoms with van der Waals surface area (Å²) in [5, 5.41) is 5.00. The first-order valence-corrected chi connectivity index (χ1v) is 6.37. The van der Waals surface area contributed by atoms with E-state index in [1.807, 2.05) is 13.8 Å². The Hall–Kier alpha value is -2.17. The van der Waals surface area contributed by atoms with Gasteiger partial charge in [0.1, 0.15) is 0 Å². The SMILES string of the molecule is CCC(CC)C(=O)Nc1ccc2c(c1)C(=O)NC2=O. The van der Waals surface area contributed by atoms with E-state index in [1.54, 1.807) is 12.1 Å². The van der Waals surface area contributed by atoms with Crippen molar-refractivity contribution in [2.24, 2.45) is 5.92 Å². The third kappa shape index (κ3) is 2.50. The number of carbonyl (C=O) groups excluding carboxylic acids is 3. The average molecular weight is 260 g/mol. The Kier molecular flexibility index (Phi) is 3.64. The largest absolute Gasteiger partial charge is 0.326 e. The summed E-state index contributed by atoms with van der Waals surface area (Å²) in [5.41, 5.74) is 1.21. The van der Waals surface area contributed by atoms with Crippen molar-refractivity contribution in [1.82, 2.24) is 5.32 Å². The maximum atomic E-state index is 11.9.